The van der Waals surface area contributed by atoms with E-state index in [4.69, 9.17) is 0 Å². The lowest BCUT2D eigenvalue weighted by Gasteiger charge is -1.84. The topological polar surface area (TPSA) is 66.5 Å². The second-order valence-corrected chi connectivity index (χ2v) is 2.51. The SMILES string of the molecule is Cc1nn(C)c2[nH]c(=O)[nH]c12. The summed E-state index contributed by atoms with van der Waals surface area (Å²) in [6, 6.07) is 0. The summed E-state index contributed by atoms with van der Waals surface area (Å²) in [6.45, 7) is 1.85. The molecule has 2 rings (SSSR count). The third kappa shape index (κ3) is 0.705. The Kier molecular flexibility index (Phi) is 0.986. The molecule has 2 aromatic heterocycles. The lowest BCUT2D eigenvalue weighted by atomic mass is 10.4. The van der Waals surface area contributed by atoms with Crippen molar-refractivity contribution >= 4 is 11.2 Å². The molecule has 0 fully saturated rings. The zero-order valence-electron chi connectivity index (χ0n) is 6.30. The lowest BCUT2D eigenvalue weighted by Crippen LogP contribution is -2.02. The third-order valence-electron chi connectivity index (χ3n) is 1.69. The van der Waals surface area contributed by atoms with Crippen molar-refractivity contribution in [1.82, 2.24) is 19.7 Å². The van der Waals surface area contributed by atoms with Crippen LogP contribution in [0.15, 0.2) is 4.79 Å². The Morgan fingerprint density at radius 2 is 2.18 bits per heavy atom. The second-order valence-electron chi connectivity index (χ2n) is 2.51. The zero-order valence-corrected chi connectivity index (χ0v) is 6.30. The van der Waals surface area contributed by atoms with Crippen LogP contribution in [0.5, 0.6) is 0 Å². The van der Waals surface area contributed by atoms with Gasteiger partial charge in [-0.3, -0.25) is 9.67 Å². The molecule has 0 aromatic carbocycles. The van der Waals surface area contributed by atoms with E-state index in [1.165, 1.54) is 0 Å². The molecule has 11 heavy (non-hydrogen) atoms. The van der Waals surface area contributed by atoms with Gasteiger partial charge in [-0.05, 0) is 6.92 Å². The quantitative estimate of drug-likeness (QED) is 0.553. The van der Waals surface area contributed by atoms with Gasteiger partial charge in [0.1, 0.15) is 5.52 Å². The molecule has 0 saturated heterocycles. The summed E-state index contributed by atoms with van der Waals surface area (Å²) in [4.78, 5) is 16.1. The van der Waals surface area contributed by atoms with E-state index in [9.17, 15) is 4.79 Å². The van der Waals surface area contributed by atoms with Crippen LogP contribution in [0.25, 0.3) is 11.2 Å². The minimum absolute atomic E-state index is 0.184. The van der Waals surface area contributed by atoms with Gasteiger partial charge in [0, 0.05) is 7.05 Å². The van der Waals surface area contributed by atoms with Crippen LogP contribution < -0.4 is 5.69 Å². The zero-order chi connectivity index (χ0) is 8.01. The largest absolute Gasteiger partial charge is 0.325 e. The molecule has 0 unspecified atom stereocenters. The van der Waals surface area contributed by atoms with Crippen molar-refractivity contribution in [2.75, 3.05) is 0 Å². The lowest BCUT2D eigenvalue weighted by molar-refractivity contribution is 0.771. The number of hydrogen-bond donors (Lipinski definition) is 2. The maximum absolute atomic E-state index is 10.8. The van der Waals surface area contributed by atoms with Gasteiger partial charge in [-0.2, -0.15) is 5.10 Å². The molecule has 0 amide bonds. The van der Waals surface area contributed by atoms with Crippen LogP contribution in [-0.2, 0) is 7.05 Å². The van der Waals surface area contributed by atoms with E-state index in [2.05, 4.69) is 15.1 Å². The Morgan fingerprint density at radius 3 is 2.82 bits per heavy atom. The van der Waals surface area contributed by atoms with Crippen LogP contribution in [-0.4, -0.2) is 19.7 Å². The summed E-state index contributed by atoms with van der Waals surface area (Å²) >= 11 is 0. The number of hydrogen-bond acceptors (Lipinski definition) is 2. The molecule has 0 bridgehead atoms. The third-order valence-corrected chi connectivity index (χ3v) is 1.69. The van der Waals surface area contributed by atoms with E-state index >= 15 is 0 Å². The van der Waals surface area contributed by atoms with Gasteiger partial charge < -0.3 is 4.98 Å². The fourth-order valence-corrected chi connectivity index (χ4v) is 1.20. The first kappa shape index (κ1) is 6.21. The van der Waals surface area contributed by atoms with Gasteiger partial charge in [0.15, 0.2) is 5.65 Å². The van der Waals surface area contributed by atoms with Crippen LogP contribution in [0.1, 0.15) is 5.69 Å². The van der Waals surface area contributed by atoms with E-state index in [0.717, 1.165) is 16.9 Å². The predicted octanol–water partition coefficient (Wildman–Crippen LogP) is -0.102. The predicted molar refractivity (Wildman–Crippen MR) is 40.4 cm³/mol. The van der Waals surface area contributed by atoms with Crippen molar-refractivity contribution < 1.29 is 0 Å². The number of imidazole rings is 1. The van der Waals surface area contributed by atoms with Gasteiger partial charge in [-0.25, -0.2) is 4.79 Å². The number of rotatable bonds is 0. The highest BCUT2D eigenvalue weighted by atomic mass is 16.1. The summed E-state index contributed by atoms with van der Waals surface area (Å²) in [6.07, 6.45) is 0. The number of fused-ring (bicyclic) bond motifs is 1. The molecule has 0 aliphatic rings. The number of H-pyrrole nitrogens is 2. The van der Waals surface area contributed by atoms with E-state index in [-0.39, 0.29) is 5.69 Å². The molecular formula is C6H8N4O. The highest BCUT2D eigenvalue weighted by molar-refractivity contribution is 5.73. The second kappa shape index (κ2) is 1.75. The molecule has 2 N–H and O–H groups in total. The van der Waals surface area contributed by atoms with Crippen LogP contribution in [0.3, 0.4) is 0 Å². The van der Waals surface area contributed by atoms with Crippen LogP contribution in [0.4, 0.5) is 0 Å². The fraction of sp³-hybridized carbons (Fsp3) is 0.333. The van der Waals surface area contributed by atoms with Crippen LogP contribution in [0, 0.1) is 6.92 Å². The first-order valence-corrected chi connectivity index (χ1v) is 3.30. The van der Waals surface area contributed by atoms with Crippen molar-refractivity contribution in [2.45, 2.75) is 6.92 Å². The fourth-order valence-electron chi connectivity index (χ4n) is 1.20. The van der Waals surface area contributed by atoms with Gasteiger partial charge >= 0.3 is 5.69 Å². The maximum Gasteiger partial charge on any atom is 0.325 e. The Bertz CT molecular complexity index is 409. The van der Waals surface area contributed by atoms with Crippen LogP contribution in [0.2, 0.25) is 0 Å². The maximum atomic E-state index is 10.8. The standard InChI is InChI=1S/C6H8N4O/c1-3-4-5(10(2)9-3)8-6(11)7-4/h1-2H3,(H2,7,8,11). The Morgan fingerprint density at radius 1 is 1.45 bits per heavy atom. The monoisotopic (exact) mass is 152 g/mol. The normalized spacial score (nSPS) is 11.1. The molecule has 5 nitrogen and oxygen atoms in total. The molecule has 0 saturated carbocycles. The molecule has 58 valence electrons. The van der Waals surface area contributed by atoms with E-state index < -0.39 is 0 Å². The van der Waals surface area contributed by atoms with E-state index in [0.29, 0.717) is 0 Å². The van der Waals surface area contributed by atoms with Gasteiger partial charge in [-0.15, -0.1) is 0 Å². The minimum atomic E-state index is -0.184. The molecular weight excluding hydrogens is 144 g/mol. The average molecular weight is 152 g/mol. The van der Waals surface area contributed by atoms with Crippen molar-refractivity contribution in [2.24, 2.45) is 7.05 Å². The van der Waals surface area contributed by atoms with Gasteiger partial charge in [0.2, 0.25) is 0 Å². The Balaban J connectivity index is 3.03. The summed E-state index contributed by atoms with van der Waals surface area (Å²) in [5.41, 5.74) is 2.18. The molecule has 0 aliphatic carbocycles. The average Bonchev–Trinajstić information content (AvgIpc) is 2.38. The number of aromatic amines is 2. The Labute approximate surface area is 62.0 Å². The molecule has 5 heteroatoms. The van der Waals surface area contributed by atoms with E-state index in [1.807, 2.05) is 6.92 Å². The molecule has 2 aromatic rings. The number of nitrogens with one attached hydrogen (secondary N) is 2. The molecule has 2 heterocycles. The first-order chi connectivity index (χ1) is 5.18. The Hall–Kier alpha value is -1.52. The summed E-state index contributed by atoms with van der Waals surface area (Å²) in [5.74, 6) is 0. The summed E-state index contributed by atoms with van der Waals surface area (Å²) < 4.78 is 1.64. The van der Waals surface area contributed by atoms with Crippen molar-refractivity contribution in [3.63, 3.8) is 0 Å². The molecule has 0 radical (unpaired) electrons. The number of aryl methyl sites for hydroxylation is 2. The molecule has 0 aliphatic heterocycles. The van der Waals surface area contributed by atoms with E-state index in [1.54, 1.807) is 11.7 Å². The molecule has 0 atom stereocenters. The first-order valence-electron chi connectivity index (χ1n) is 3.30. The highest BCUT2D eigenvalue weighted by Crippen LogP contribution is 2.08. The number of nitrogens with zero attached hydrogens (tertiary/aromatic N) is 2. The van der Waals surface area contributed by atoms with Crippen molar-refractivity contribution in [3.05, 3.63) is 16.2 Å². The highest BCUT2D eigenvalue weighted by Gasteiger charge is 2.06. The number of aromatic nitrogens is 4. The molecule has 0 spiro atoms. The minimum Gasteiger partial charge on any atom is -0.303 e. The van der Waals surface area contributed by atoms with Gasteiger partial charge in [0.25, 0.3) is 0 Å². The summed E-state index contributed by atoms with van der Waals surface area (Å²) in [7, 11) is 1.79. The van der Waals surface area contributed by atoms with Crippen molar-refractivity contribution in [1.29, 1.82) is 0 Å². The van der Waals surface area contributed by atoms with Crippen molar-refractivity contribution in [3.8, 4) is 0 Å². The smallest absolute Gasteiger partial charge is 0.303 e. The van der Waals surface area contributed by atoms with Crippen LogP contribution >= 0.6 is 0 Å². The summed E-state index contributed by atoms with van der Waals surface area (Å²) in [5, 5.41) is 4.11. The van der Waals surface area contributed by atoms with Gasteiger partial charge in [-0.1, -0.05) is 0 Å². The van der Waals surface area contributed by atoms with Gasteiger partial charge in [0.05, 0.1) is 5.69 Å².